The van der Waals surface area contributed by atoms with Gasteiger partial charge in [0.05, 0.1) is 12.3 Å². The predicted molar refractivity (Wildman–Crippen MR) is 194 cm³/mol. The summed E-state index contributed by atoms with van der Waals surface area (Å²) >= 11 is 0. The molecule has 222 valence electrons. The molecule has 2 unspecified atom stereocenters. The third-order valence-corrected chi connectivity index (χ3v) is 9.15. The highest BCUT2D eigenvalue weighted by Crippen LogP contribution is 2.37. The van der Waals surface area contributed by atoms with Gasteiger partial charge in [0.25, 0.3) is 0 Å². The Bertz CT molecular complexity index is 2300. The maximum absolute atomic E-state index is 6.88. The molecule has 0 fully saturated rings. The minimum Gasteiger partial charge on any atom is -0.312 e. The quantitative estimate of drug-likeness (QED) is 0.0934. The molecule has 46 heavy (non-hydrogen) atoms. The Morgan fingerprint density at radius 3 is 1.89 bits per heavy atom. The third kappa shape index (κ3) is 5.31. The van der Waals surface area contributed by atoms with Gasteiger partial charge < -0.3 is 5.73 Å². The molecule has 0 aromatic heterocycles. The molecular formula is C43H35N3. The van der Waals surface area contributed by atoms with Crippen LogP contribution in [0.5, 0.6) is 0 Å². The van der Waals surface area contributed by atoms with E-state index in [1.807, 2.05) is 18.2 Å². The van der Waals surface area contributed by atoms with E-state index in [2.05, 4.69) is 156 Å². The molecule has 0 aliphatic carbocycles. The molecule has 0 heterocycles. The van der Waals surface area contributed by atoms with Crippen LogP contribution in [-0.4, -0.2) is 0 Å². The van der Waals surface area contributed by atoms with Crippen molar-refractivity contribution in [3.63, 3.8) is 0 Å². The lowest BCUT2D eigenvalue weighted by molar-refractivity contribution is 0.390. The smallest absolute Gasteiger partial charge is 0.0864 e. The average molecular weight is 594 g/mol. The summed E-state index contributed by atoms with van der Waals surface area (Å²) in [6.45, 7) is 0.671. The van der Waals surface area contributed by atoms with Crippen LogP contribution in [0.25, 0.3) is 54.2 Å². The first kappa shape index (κ1) is 28.2. The molecule has 3 nitrogen and oxygen atoms in total. The molecule has 0 amide bonds. The molecule has 0 radical (unpaired) electrons. The van der Waals surface area contributed by atoms with Crippen molar-refractivity contribution in [2.45, 2.75) is 18.9 Å². The van der Waals surface area contributed by atoms with Crippen molar-refractivity contribution in [2.24, 2.45) is 5.73 Å². The van der Waals surface area contributed by atoms with E-state index in [9.17, 15) is 0 Å². The van der Waals surface area contributed by atoms with Crippen LogP contribution in [0.15, 0.2) is 164 Å². The second-order valence-corrected chi connectivity index (χ2v) is 12.0. The second kappa shape index (κ2) is 12.2. The van der Waals surface area contributed by atoms with Crippen molar-refractivity contribution >= 4 is 43.1 Å². The van der Waals surface area contributed by atoms with Gasteiger partial charge in [-0.05, 0) is 77.0 Å². The summed E-state index contributed by atoms with van der Waals surface area (Å²) in [7, 11) is 0. The van der Waals surface area contributed by atoms with Crippen molar-refractivity contribution in [3.05, 3.63) is 180 Å². The average Bonchev–Trinajstić information content (AvgIpc) is 3.12. The van der Waals surface area contributed by atoms with E-state index in [4.69, 9.17) is 5.73 Å². The summed E-state index contributed by atoms with van der Waals surface area (Å²) in [4.78, 5) is 0. The normalized spacial score (nSPS) is 13.0. The van der Waals surface area contributed by atoms with Gasteiger partial charge in [0.1, 0.15) is 0 Å². The fourth-order valence-electron chi connectivity index (χ4n) is 6.86. The van der Waals surface area contributed by atoms with Gasteiger partial charge >= 0.3 is 0 Å². The summed E-state index contributed by atoms with van der Waals surface area (Å²) in [5.41, 5.74) is 12.8. The molecule has 8 aromatic carbocycles. The molecule has 0 spiro atoms. The first-order valence-electron chi connectivity index (χ1n) is 15.9. The lowest BCUT2D eigenvalue weighted by Gasteiger charge is -2.28. The monoisotopic (exact) mass is 593 g/mol. The summed E-state index contributed by atoms with van der Waals surface area (Å²) in [6.07, 6.45) is -0.594. The zero-order valence-corrected chi connectivity index (χ0v) is 25.5. The van der Waals surface area contributed by atoms with Crippen LogP contribution in [0.4, 0.5) is 0 Å². The van der Waals surface area contributed by atoms with Crippen LogP contribution in [0.2, 0.25) is 0 Å². The number of nitrogens with one attached hydrogen (secondary N) is 2. The Morgan fingerprint density at radius 1 is 0.500 bits per heavy atom. The van der Waals surface area contributed by atoms with E-state index in [1.165, 1.54) is 65.3 Å². The standard InChI is InChI=1S/C43H35N3/c44-42(33-13-2-1-3-14-33)46-43(45-28-29-21-23-32(24-22-29)37-20-10-16-30-11-4-7-17-36(30)37)41-39-19-9-6-15-34(39)27-35-26-25-31-12-5-8-18-38(31)40(35)41/h1-27,42-43,45-46H,28,44H2. The number of hydrogen-bond acceptors (Lipinski definition) is 3. The van der Waals surface area contributed by atoms with Crippen LogP contribution < -0.4 is 16.4 Å². The van der Waals surface area contributed by atoms with Gasteiger partial charge in [0, 0.05) is 6.54 Å². The minimum absolute atomic E-state index is 0.229. The van der Waals surface area contributed by atoms with Crippen molar-refractivity contribution in [1.82, 2.24) is 10.6 Å². The summed E-state index contributed by atoms with van der Waals surface area (Å²) in [5, 5.41) is 17.6. The molecule has 8 rings (SSSR count). The fourth-order valence-corrected chi connectivity index (χ4v) is 6.86. The summed E-state index contributed by atoms with van der Waals surface area (Å²) in [5.74, 6) is 0. The molecule has 0 aliphatic heterocycles. The molecule has 3 heteroatoms. The Kier molecular flexibility index (Phi) is 7.49. The SMILES string of the molecule is NC(NC(NCc1ccc(-c2cccc3ccccc23)cc1)c1c2ccccc2cc2ccc3ccccc3c12)c1ccccc1. The van der Waals surface area contributed by atoms with E-state index in [1.54, 1.807) is 0 Å². The molecule has 2 atom stereocenters. The van der Waals surface area contributed by atoms with E-state index < -0.39 is 0 Å². The summed E-state index contributed by atoms with van der Waals surface area (Å²) < 4.78 is 0. The minimum atomic E-state index is -0.364. The van der Waals surface area contributed by atoms with Crippen LogP contribution >= 0.6 is 0 Å². The van der Waals surface area contributed by atoms with Gasteiger partial charge in [-0.3, -0.25) is 10.6 Å². The van der Waals surface area contributed by atoms with Crippen LogP contribution in [0, 0.1) is 0 Å². The van der Waals surface area contributed by atoms with Gasteiger partial charge in [-0.25, -0.2) is 0 Å². The topological polar surface area (TPSA) is 50.1 Å². The number of fused-ring (bicyclic) bond motifs is 5. The van der Waals surface area contributed by atoms with E-state index >= 15 is 0 Å². The number of hydrogen-bond donors (Lipinski definition) is 3. The Balaban J connectivity index is 1.21. The van der Waals surface area contributed by atoms with Gasteiger partial charge in [-0.1, -0.05) is 158 Å². The summed E-state index contributed by atoms with van der Waals surface area (Å²) in [6, 6.07) is 58.4. The zero-order valence-electron chi connectivity index (χ0n) is 25.5. The van der Waals surface area contributed by atoms with Crippen LogP contribution in [0.3, 0.4) is 0 Å². The first-order chi connectivity index (χ1) is 22.7. The van der Waals surface area contributed by atoms with Crippen molar-refractivity contribution in [2.75, 3.05) is 0 Å². The largest absolute Gasteiger partial charge is 0.312 e. The maximum Gasteiger partial charge on any atom is 0.0864 e. The maximum atomic E-state index is 6.88. The van der Waals surface area contributed by atoms with Gasteiger partial charge in [0.2, 0.25) is 0 Å². The molecule has 0 aliphatic rings. The molecule has 0 saturated carbocycles. The highest BCUT2D eigenvalue weighted by atomic mass is 15.2. The van der Waals surface area contributed by atoms with Gasteiger partial charge in [0.15, 0.2) is 0 Å². The van der Waals surface area contributed by atoms with E-state index in [0.29, 0.717) is 6.54 Å². The predicted octanol–water partition coefficient (Wildman–Crippen LogP) is 10.0. The number of benzene rings is 8. The van der Waals surface area contributed by atoms with Gasteiger partial charge in [-0.15, -0.1) is 0 Å². The van der Waals surface area contributed by atoms with Gasteiger partial charge in [-0.2, -0.15) is 0 Å². The first-order valence-corrected chi connectivity index (χ1v) is 15.9. The van der Waals surface area contributed by atoms with E-state index in [-0.39, 0.29) is 12.3 Å². The molecule has 0 saturated heterocycles. The highest BCUT2D eigenvalue weighted by Gasteiger charge is 2.22. The van der Waals surface area contributed by atoms with Crippen LogP contribution in [0.1, 0.15) is 29.0 Å². The van der Waals surface area contributed by atoms with Crippen molar-refractivity contribution in [1.29, 1.82) is 0 Å². The lowest BCUT2D eigenvalue weighted by atomic mass is 9.91. The molecule has 0 bridgehead atoms. The highest BCUT2D eigenvalue weighted by molar-refractivity contribution is 6.15. The lowest BCUT2D eigenvalue weighted by Crippen LogP contribution is -2.40. The fraction of sp³-hybridized carbons (Fsp3) is 0.0698. The number of nitrogens with two attached hydrogens (primary N) is 1. The third-order valence-electron chi connectivity index (χ3n) is 9.15. The molecule has 4 N–H and O–H groups in total. The Labute approximate surface area is 269 Å². The Morgan fingerprint density at radius 2 is 1.11 bits per heavy atom. The second-order valence-electron chi connectivity index (χ2n) is 12.0. The molecular weight excluding hydrogens is 558 g/mol. The van der Waals surface area contributed by atoms with Crippen molar-refractivity contribution < 1.29 is 0 Å². The number of rotatable bonds is 8. The van der Waals surface area contributed by atoms with Crippen LogP contribution in [-0.2, 0) is 6.54 Å². The van der Waals surface area contributed by atoms with E-state index in [0.717, 1.165) is 5.56 Å². The zero-order chi connectivity index (χ0) is 30.9. The van der Waals surface area contributed by atoms with Crippen molar-refractivity contribution in [3.8, 4) is 11.1 Å². The Hall–Kier alpha value is -5.32. The molecule has 8 aromatic rings.